The third-order valence-corrected chi connectivity index (χ3v) is 4.64. The second-order valence-electron chi connectivity index (χ2n) is 5.85. The third kappa shape index (κ3) is 3.41. The molecule has 0 spiro atoms. The Morgan fingerprint density at radius 3 is 2.80 bits per heavy atom. The fourth-order valence-corrected chi connectivity index (χ4v) is 3.29. The van der Waals surface area contributed by atoms with Gasteiger partial charge in [0.2, 0.25) is 0 Å². The maximum absolute atomic E-state index is 12.7. The summed E-state index contributed by atoms with van der Waals surface area (Å²) in [4.78, 5) is 14.8. The van der Waals surface area contributed by atoms with Crippen LogP contribution in [0.5, 0.6) is 0 Å². The van der Waals surface area contributed by atoms with Crippen molar-refractivity contribution >= 4 is 21.8 Å². The van der Waals surface area contributed by atoms with Crippen molar-refractivity contribution in [2.45, 2.75) is 44.2 Å². The molecule has 1 N–H and O–H groups in total. The number of piperidine rings is 1. The molecule has 2 aliphatic rings. The summed E-state index contributed by atoms with van der Waals surface area (Å²) in [6.45, 7) is 1.95. The molecule has 1 aliphatic heterocycles. The van der Waals surface area contributed by atoms with Crippen LogP contribution >= 0.6 is 15.9 Å². The van der Waals surface area contributed by atoms with Crippen LogP contribution in [0.15, 0.2) is 28.7 Å². The van der Waals surface area contributed by atoms with Crippen LogP contribution in [-0.2, 0) is 0 Å². The number of nitrogens with zero attached hydrogens (tertiary/aromatic N) is 1. The summed E-state index contributed by atoms with van der Waals surface area (Å²) in [6.07, 6.45) is 6.05. The number of carbonyl (C=O) groups excluding carboxylic acids is 1. The number of rotatable bonds is 4. The Kier molecular flexibility index (Phi) is 4.41. The molecule has 1 heterocycles. The van der Waals surface area contributed by atoms with Crippen LogP contribution in [0.4, 0.5) is 0 Å². The smallest absolute Gasteiger partial charge is 0.254 e. The topological polar surface area (TPSA) is 32.3 Å². The summed E-state index contributed by atoms with van der Waals surface area (Å²) >= 11 is 3.45. The van der Waals surface area contributed by atoms with E-state index >= 15 is 0 Å². The molecule has 1 atom stereocenters. The molecule has 0 radical (unpaired) electrons. The maximum Gasteiger partial charge on any atom is 0.254 e. The minimum Gasteiger partial charge on any atom is -0.334 e. The predicted octanol–water partition coefficient (Wildman–Crippen LogP) is 3.20. The molecule has 3 nitrogen and oxygen atoms in total. The standard InChI is InChI=1S/C16H21BrN2O/c17-13-5-3-4-12(10-13)16(20)19(15-7-8-15)11-14-6-1-2-9-18-14/h3-5,10,14-15,18H,1-2,6-9,11H2. The van der Waals surface area contributed by atoms with Gasteiger partial charge in [-0.1, -0.05) is 28.4 Å². The molecule has 1 unspecified atom stereocenters. The first-order valence-corrected chi connectivity index (χ1v) is 8.33. The molecule has 108 valence electrons. The van der Waals surface area contributed by atoms with Crippen molar-refractivity contribution in [3.05, 3.63) is 34.3 Å². The predicted molar refractivity (Wildman–Crippen MR) is 83.8 cm³/mol. The fourth-order valence-electron chi connectivity index (χ4n) is 2.89. The second-order valence-corrected chi connectivity index (χ2v) is 6.76. The normalized spacial score (nSPS) is 22.6. The molecule has 4 heteroatoms. The van der Waals surface area contributed by atoms with E-state index < -0.39 is 0 Å². The van der Waals surface area contributed by atoms with Gasteiger partial charge in [0, 0.05) is 28.7 Å². The van der Waals surface area contributed by atoms with Crippen LogP contribution in [-0.4, -0.2) is 36.0 Å². The zero-order valence-electron chi connectivity index (χ0n) is 11.6. The number of carbonyl (C=O) groups is 1. The van der Waals surface area contributed by atoms with Crippen LogP contribution in [0.3, 0.4) is 0 Å². The second kappa shape index (κ2) is 6.27. The molecule has 1 aromatic carbocycles. The van der Waals surface area contributed by atoms with Crippen LogP contribution in [0, 0.1) is 0 Å². The van der Waals surface area contributed by atoms with Gasteiger partial charge in [0.25, 0.3) is 5.91 Å². The molecule has 2 fully saturated rings. The largest absolute Gasteiger partial charge is 0.334 e. The summed E-state index contributed by atoms with van der Waals surface area (Å²) in [5.41, 5.74) is 0.794. The van der Waals surface area contributed by atoms with Gasteiger partial charge < -0.3 is 10.2 Å². The number of benzene rings is 1. The van der Waals surface area contributed by atoms with Gasteiger partial charge >= 0.3 is 0 Å². The Morgan fingerprint density at radius 1 is 1.30 bits per heavy atom. The molecule has 1 amide bonds. The van der Waals surface area contributed by atoms with Gasteiger partial charge in [-0.25, -0.2) is 0 Å². The first-order valence-electron chi connectivity index (χ1n) is 7.54. The SMILES string of the molecule is O=C(c1cccc(Br)c1)N(CC1CCCCN1)C1CC1. The summed E-state index contributed by atoms with van der Waals surface area (Å²) in [7, 11) is 0. The number of hydrogen-bond donors (Lipinski definition) is 1. The van der Waals surface area contributed by atoms with Gasteiger partial charge in [0.15, 0.2) is 0 Å². The van der Waals surface area contributed by atoms with Crippen molar-refractivity contribution < 1.29 is 4.79 Å². The van der Waals surface area contributed by atoms with E-state index in [1.807, 2.05) is 24.3 Å². The Morgan fingerprint density at radius 2 is 2.15 bits per heavy atom. The van der Waals surface area contributed by atoms with Gasteiger partial charge in [0.05, 0.1) is 0 Å². The molecule has 1 aliphatic carbocycles. The van der Waals surface area contributed by atoms with E-state index in [0.29, 0.717) is 12.1 Å². The Hall–Kier alpha value is -0.870. The van der Waals surface area contributed by atoms with Crippen molar-refractivity contribution in [2.24, 2.45) is 0 Å². The van der Waals surface area contributed by atoms with E-state index in [2.05, 4.69) is 26.1 Å². The summed E-state index contributed by atoms with van der Waals surface area (Å²) < 4.78 is 0.967. The molecule has 20 heavy (non-hydrogen) atoms. The Bertz CT molecular complexity index is 481. The fraction of sp³-hybridized carbons (Fsp3) is 0.562. The number of nitrogens with one attached hydrogen (secondary N) is 1. The quantitative estimate of drug-likeness (QED) is 0.915. The van der Waals surface area contributed by atoms with Gasteiger partial charge in [-0.3, -0.25) is 4.79 Å². The molecule has 3 rings (SSSR count). The van der Waals surface area contributed by atoms with E-state index in [1.165, 1.54) is 19.3 Å². The van der Waals surface area contributed by atoms with Crippen LogP contribution in [0.1, 0.15) is 42.5 Å². The van der Waals surface area contributed by atoms with E-state index in [4.69, 9.17) is 0 Å². The van der Waals surface area contributed by atoms with Crippen LogP contribution in [0.25, 0.3) is 0 Å². The molecule has 0 bridgehead atoms. The highest BCUT2D eigenvalue weighted by atomic mass is 79.9. The summed E-state index contributed by atoms with van der Waals surface area (Å²) in [5.74, 6) is 0.182. The lowest BCUT2D eigenvalue weighted by Crippen LogP contribution is -2.46. The van der Waals surface area contributed by atoms with E-state index in [-0.39, 0.29) is 5.91 Å². The highest BCUT2D eigenvalue weighted by molar-refractivity contribution is 9.10. The average molecular weight is 337 g/mol. The van der Waals surface area contributed by atoms with Crippen molar-refractivity contribution in [2.75, 3.05) is 13.1 Å². The summed E-state index contributed by atoms with van der Waals surface area (Å²) in [6, 6.07) is 8.66. The lowest BCUT2D eigenvalue weighted by Gasteiger charge is -2.31. The minimum atomic E-state index is 0.182. The van der Waals surface area contributed by atoms with E-state index in [1.54, 1.807) is 0 Å². The first kappa shape index (κ1) is 14.1. The zero-order chi connectivity index (χ0) is 13.9. The molecule has 0 aromatic heterocycles. The number of hydrogen-bond acceptors (Lipinski definition) is 2. The summed E-state index contributed by atoms with van der Waals surface area (Å²) in [5, 5.41) is 3.55. The lowest BCUT2D eigenvalue weighted by molar-refractivity contribution is 0.0718. The van der Waals surface area contributed by atoms with Crippen LogP contribution < -0.4 is 5.32 Å². The molecular weight excluding hydrogens is 316 g/mol. The van der Waals surface area contributed by atoms with Crippen LogP contribution in [0.2, 0.25) is 0 Å². The van der Waals surface area contributed by atoms with Gasteiger partial charge in [-0.2, -0.15) is 0 Å². The van der Waals surface area contributed by atoms with Crippen molar-refractivity contribution in [1.82, 2.24) is 10.2 Å². The van der Waals surface area contributed by atoms with E-state index in [9.17, 15) is 4.79 Å². The van der Waals surface area contributed by atoms with Crippen molar-refractivity contribution in [1.29, 1.82) is 0 Å². The molecular formula is C16H21BrN2O. The lowest BCUT2D eigenvalue weighted by atomic mass is 10.0. The Labute approximate surface area is 128 Å². The zero-order valence-corrected chi connectivity index (χ0v) is 13.2. The third-order valence-electron chi connectivity index (χ3n) is 4.15. The number of amides is 1. The average Bonchev–Trinajstić information content (AvgIpc) is 3.30. The highest BCUT2D eigenvalue weighted by Crippen LogP contribution is 2.29. The monoisotopic (exact) mass is 336 g/mol. The first-order chi connectivity index (χ1) is 9.74. The minimum absolute atomic E-state index is 0.182. The van der Waals surface area contributed by atoms with Gasteiger partial charge in [-0.15, -0.1) is 0 Å². The van der Waals surface area contributed by atoms with Crippen molar-refractivity contribution in [3.63, 3.8) is 0 Å². The highest BCUT2D eigenvalue weighted by Gasteiger charge is 2.34. The van der Waals surface area contributed by atoms with E-state index in [0.717, 1.165) is 36.0 Å². The van der Waals surface area contributed by atoms with Gasteiger partial charge in [-0.05, 0) is 50.4 Å². The van der Waals surface area contributed by atoms with Gasteiger partial charge in [0.1, 0.15) is 0 Å². The molecule has 1 aromatic rings. The maximum atomic E-state index is 12.7. The molecule has 1 saturated carbocycles. The Balaban J connectivity index is 1.71. The molecule has 1 saturated heterocycles. The number of halogens is 1. The van der Waals surface area contributed by atoms with Crippen molar-refractivity contribution in [3.8, 4) is 0 Å².